The van der Waals surface area contributed by atoms with Crippen molar-refractivity contribution in [1.29, 1.82) is 0 Å². The Kier molecular flexibility index (Phi) is 3.99. The highest BCUT2D eigenvalue weighted by Crippen LogP contribution is 2.26. The minimum absolute atomic E-state index is 0.440. The fraction of sp³-hybridized carbons (Fsp3) is 0.250. The van der Waals surface area contributed by atoms with Gasteiger partial charge in [0.25, 0.3) is 0 Å². The van der Waals surface area contributed by atoms with Crippen LogP contribution in [-0.4, -0.2) is 21.5 Å². The van der Waals surface area contributed by atoms with Crippen molar-refractivity contribution in [2.24, 2.45) is 0 Å². The Balaban J connectivity index is 2.49. The Bertz CT molecular complexity index is 572. The molecule has 6 heteroatoms. The molecule has 2 aromatic heterocycles. The second-order valence-corrected chi connectivity index (χ2v) is 4.58. The van der Waals surface area contributed by atoms with Crippen LogP contribution in [0.3, 0.4) is 0 Å². The van der Waals surface area contributed by atoms with Gasteiger partial charge in [0.15, 0.2) is 5.82 Å². The second kappa shape index (κ2) is 5.50. The average Bonchev–Trinajstić information content (AvgIpc) is 2.28. The van der Waals surface area contributed by atoms with Gasteiger partial charge >= 0.3 is 0 Å². The minimum atomic E-state index is 0.440. The highest BCUT2D eigenvalue weighted by atomic mass is 35.5. The van der Waals surface area contributed by atoms with Crippen LogP contribution >= 0.6 is 23.2 Å². The number of halogens is 2. The number of hydrogen-bond donors (Lipinski definition) is 1. The predicted molar refractivity (Wildman–Crippen MR) is 74.2 cm³/mol. The lowest BCUT2D eigenvalue weighted by molar-refractivity contribution is 1.07. The van der Waals surface area contributed by atoms with Gasteiger partial charge in [0.2, 0.25) is 0 Å². The number of nitrogens with zero attached hydrogens (tertiary/aromatic N) is 3. The first-order chi connectivity index (χ1) is 8.60. The first-order valence-corrected chi connectivity index (χ1v) is 6.26. The number of aromatic nitrogens is 3. The molecular weight excluding hydrogens is 271 g/mol. The van der Waals surface area contributed by atoms with Gasteiger partial charge in [-0.15, -0.1) is 0 Å². The lowest BCUT2D eigenvalue weighted by Gasteiger charge is -2.07. The van der Waals surface area contributed by atoms with Gasteiger partial charge < -0.3 is 5.32 Å². The highest BCUT2D eigenvalue weighted by Gasteiger charge is 2.10. The van der Waals surface area contributed by atoms with Crippen molar-refractivity contribution in [3.63, 3.8) is 0 Å². The Morgan fingerprint density at radius 3 is 2.67 bits per heavy atom. The van der Waals surface area contributed by atoms with Crippen molar-refractivity contribution in [3.05, 3.63) is 34.1 Å². The molecular formula is C12H12Cl2N4. The quantitative estimate of drug-likeness (QED) is 0.935. The van der Waals surface area contributed by atoms with Gasteiger partial charge in [-0.3, -0.25) is 0 Å². The van der Waals surface area contributed by atoms with Crippen LogP contribution in [0.1, 0.15) is 12.6 Å². The van der Waals surface area contributed by atoms with Crippen molar-refractivity contribution < 1.29 is 0 Å². The van der Waals surface area contributed by atoms with E-state index in [0.717, 1.165) is 18.1 Å². The first kappa shape index (κ1) is 13.1. The third-order valence-electron chi connectivity index (χ3n) is 2.23. The van der Waals surface area contributed by atoms with E-state index in [-0.39, 0.29) is 0 Å². The smallest absolute Gasteiger partial charge is 0.181 e. The van der Waals surface area contributed by atoms with E-state index in [1.165, 1.54) is 6.20 Å². The molecule has 2 heterocycles. The molecule has 0 saturated carbocycles. The molecule has 2 rings (SSSR count). The van der Waals surface area contributed by atoms with Crippen molar-refractivity contribution in [2.75, 3.05) is 11.9 Å². The molecule has 94 valence electrons. The van der Waals surface area contributed by atoms with Crippen molar-refractivity contribution in [2.45, 2.75) is 13.8 Å². The summed E-state index contributed by atoms with van der Waals surface area (Å²) in [5.41, 5.74) is 1.38. The number of hydrogen-bond acceptors (Lipinski definition) is 4. The van der Waals surface area contributed by atoms with Gasteiger partial charge in [0.1, 0.15) is 11.5 Å². The van der Waals surface area contributed by atoms with Gasteiger partial charge in [-0.05, 0) is 19.9 Å². The van der Waals surface area contributed by atoms with Crippen LogP contribution in [0, 0.1) is 6.92 Å². The number of rotatable bonds is 3. The van der Waals surface area contributed by atoms with Crippen molar-refractivity contribution >= 4 is 29.0 Å². The summed E-state index contributed by atoms with van der Waals surface area (Å²) in [4.78, 5) is 12.9. The summed E-state index contributed by atoms with van der Waals surface area (Å²) in [6, 6.07) is 3.50. The van der Waals surface area contributed by atoms with E-state index < -0.39 is 0 Å². The molecule has 0 saturated heterocycles. The molecule has 2 aromatic rings. The van der Waals surface area contributed by atoms with Gasteiger partial charge in [-0.1, -0.05) is 23.2 Å². The number of nitrogens with one attached hydrogen (secondary N) is 1. The molecule has 4 nitrogen and oxygen atoms in total. The molecule has 0 aliphatic rings. The standard InChI is InChI=1S/C12H12Cl2N4/c1-3-15-10-4-7(2)17-12(18-10)11-9(14)5-8(13)6-16-11/h4-6H,3H2,1-2H3,(H,15,17,18). The van der Waals surface area contributed by atoms with Gasteiger partial charge in [-0.2, -0.15) is 0 Å². The maximum absolute atomic E-state index is 6.10. The van der Waals surface area contributed by atoms with E-state index >= 15 is 0 Å². The van der Waals surface area contributed by atoms with E-state index in [9.17, 15) is 0 Å². The summed E-state index contributed by atoms with van der Waals surface area (Å²) in [5, 5.41) is 4.07. The van der Waals surface area contributed by atoms with Crippen molar-refractivity contribution in [3.8, 4) is 11.5 Å². The maximum Gasteiger partial charge on any atom is 0.181 e. The second-order valence-electron chi connectivity index (χ2n) is 3.73. The molecule has 18 heavy (non-hydrogen) atoms. The molecule has 0 aromatic carbocycles. The lowest BCUT2D eigenvalue weighted by Crippen LogP contribution is -2.03. The topological polar surface area (TPSA) is 50.7 Å². The summed E-state index contributed by atoms with van der Waals surface area (Å²) < 4.78 is 0. The molecule has 0 bridgehead atoms. The molecule has 1 N–H and O–H groups in total. The minimum Gasteiger partial charge on any atom is -0.370 e. The van der Waals surface area contributed by atoms with E-state index in [1.54, 1.807) is 6.07 Å². The van der Waals surface area contributed by atoms with Gasteiger partial charge in [0.05, 0.1) is 10.0 Å². The Hall–Kier alpha value is -1.39. The van der Waals surface area contributed by atoms with E-state index in [0.29, 0.717) is 21.6 Å². The molecule has 0 radical (unpaired) electrons. The molecule has 0 fully saturated rings. The number of aryl methyl sites for hydroxylation is 1. The van der Waals surface area contributed by atoms with Crippen LogP contribution in [0.5, 0.6) is 0 Å². The molecule has 0 spiro atoms. The summed E-state index contributed by atoms with van der Waals surface area (Å²) in [6.45, 7) is 4.69. The predicted octanol–water partition coefficient (Wildman–Crippen LogP) is 3.59. The summed E-state index contributed by atoms with van der Waals surface area (Å²) in [5.74, 6) is 1.25. The lowest BCUT2D eigenvalue weighted by atomic mass is 10.3. The van der Waals surface area contributed by atoms with E-state index in [2.05, 4.69) is 20.3 Å². The third kappa shape index (κ3) is 2.89. The van der Waals surface area contributed by atoms with Crippen LogP contribution in [0.2, 0.25) is 10.0 Å². The molecule has 0 unspecified atom stereocenters. The molecule has 0 aliphatic carbocycles. The fourth-order valence-electron chi connectivity index (χ4n) is 1.53. The summed E-state index contributed by atoms with van der Waals surface area (Å²) >= 11 is 11.9. The number of anilines is 1. The molecule has 0 amide bonds. The van der Waals surface area contributed by atoms with E-state index in [1.807, 2.05) is 19.9 Å². The first-order valence-electron chi connectivity index (χ1n) is 5.51. The monoisotopic (exact) mass is 282 g/mol. The molecule has 0 aliphatic heterocycles. The van der Waals surface area contributed by atoms with E-state index in [4.69, 9.17) is 23.2 Å². The average molecular weight is 283 g/mol. The van der Waals surface area contributed by atoms with Crippen LogP contribution < -0.4 is 5.32 Å². The number of pyridine rings is 1. The van der Waals surface area contributed by atoms with Gasteiger partial charge in [0, 0.05) is 24.5 Å². The Morgan fingerprint density at radius 1 is 1.22 bits per heavy atom. The fourth-order valence-corrected chi connectivity index (χ4v) is 1.99. The third-order valence-corrected chi connectivity index (χ3v) is 2.73. The normalized spacial score (nSPS) is 10.4. The summed E-state index contributed by atoms with van der Waals surface area (Å²) in [6.07, 6.45) is 1.53. The van der Waals surface area contributed by atoms with Crippen molar-refractivity contribution in [1.82, 2.24) is 15.0 Å². The summed E-state index contributed by atoms with van der Waals surface area (Å²) in [7, 11) is 0. The highest BCUT2D eigenvalue weighted by molar-refractivity contribution is 6.35. The van der Waals surface area contributed by atoms with Crippen LogP contribution in [0.25, 0.3) is 11.5 Å². The van der Waals surface area contributed by atoms with Crippen LogP contribution in [0.4, 0.5) is 5.82 Å². The maximum atomic E-state index is 6.10. The molecule has 0 atom stereocenters. The van der Waals surface area contributed by atoms with Crippen LogP contribution in [-0.2, 0) is 0 Å². The zero-order chi connectivity index (χ0) is 13.1. The zero-order valence-electron chi connectivity index (χ0n) is 10.0. The zero-order valence-corrected chi connectivity index (χ0v) is 11.5. The SMILES string of the molecule is CCNc1cc(C)nc(-c2ncc(Cl)cc2Cl)n1. The Morgan fingerprint density at radius 2 is 2.00 bits per heavy atom. The largest absolute Gasteiger partial charge is 0.370 e. The Labute approximate surface area is 115 Å². The van der Waals surface area contributed by atoms with Gasteiger partial charge in [-0.25, -0.2) is 15.0 Å². The van der Waals surface area contributed by atoms with Crippen LogP contribution in [0.15, 0.2) is 18.3 Å².